The number of carbonyl (C=O) groups excluding carboxylic acids is 1. The first-order chi connectivity index (χ1) is 16.6. The lowest BCUT2D eigenvalue weighted by Crippen LogP contribution is -2.30. The van der Waals surface area contributed by atoms with Gasteiger partial charge >= 0.3 is 0 Å². The second-order valence-electron chi connectivity index (χ2n) is 7.65. The molecule has 0 radical (unpaired) electrons. The van der Waals surface area contributed by atoms with E-state index in [0.717, 1.165) is 11.1 Å². The summed E-state index contributed by atoms with van der Waals surface area (Å²) < 4.78 is 26.1. The van der Waals surface area contributed by atoms with Crippen LogP contribution in [0.5, 0.6) is 11.5 Å². The van der Waals surface area contributed by atoms with Gasteiger partial charge in [-0.1, -0.05) is 48.2 Å². The molecule has 1 unspecified atom stereocenters. The van der Waals surface area contributed by atoms with Gasteiger partial charge in [-0.15, -0.1) is 10.2 Å². The molecule has 0 saturated heterocycles. The van der Waals surface area contributed by atoms with Crippen LogP contribution >= 0.6 is 11.8 Å². The molecule has 3 aromatic carbocycles. The Morgan fingerprint density at radius 2 is 1.82 bits per heavy atom. The molecular formula is C25H21FN4O3S. The zero-order chi connectivity index (χ0) is 23.5. The van der Waals surface area contributed by atoms with Gasteiger partial charge < -0.3 is 14.8 Å². The lowest BCUT2D eigenvalue weighted by molar-refractivity contribution is -0.120. The Kier molecular flexibility index (Phi) is 6.18. The summed E-state index contributed by atoms with van der Waals surface area (Å²) in [4.78, 5) is 12.8. The maximum Gasteiger partial charge on any atom is 0.233 e. The SMILES string of the molecule is CC(Sc1nnc(-c2ccccc2)n1-c1ccc(F)cc1)C(=O)NCc1ccc2c(c1)OCO2. The summed E-state index contributed by atoms with van der Waals surface area (Å²) in [7, 11) is 0. The fourth-order valence-electron chi connectivity index (χ4n) is 3.54. The van der Waals surface area contributed by atoms with E-state index >= 15 is 0 Å². The smallest absolute Gasteiger partial charge is 0.233 e. The molecular weight excluding hydrogens is 455 g/mol. The van der Waals surface area contributed by atoms with Crippen LogP contribution in [0.3, 0.4) is 0 Å². The summed E-state index contributed by atoms with van der Waals surface area (Å²) >= 11 is 1.29. The predicted molar refractivity (Wildman–Crippen MR) is 126 cm³/mol. The van der Waals surface area contributed by atoms with E-state index in [0.29, 0.717) is 34.7 Å². The monoisotopic (exact) mass is 476 g/mol. The largest absolute Gasteiger partial charge is 0.454 e. The summed E-state index contributed by atoms with van der Waals surface area (Å²) in [5, 5.41) is 11.8. The van der Waals surface area contributed by atoms with Gasteiger partial charge in [0, 0.05) is 17.8 Å². The zero-order valence-corrected chi connectivity index (χ0v) is 19.1. The maximum atomic E-state index is 13.6. The van der Waals surface area contributed by atoms with E-state index < -0.39 is 5.25 Å². The van der Waals surface area contributed by atoms with Crippen molar-refractivity contribution in [2.75, 3.05) is 6.79 Å². The van der Waals surface area contributed by atoms with Crippen molar-refractivity contribution in [2.45, 2.75) is 23.9 Å². The van der Waals surface area contributed by atoms with Gasteiger partial charge in [0.05, 0.1) is 5.25 Å². The van der Waals surface area contributed by atoms with Crippen molar-refractivity contribution < 1.29 is 18.7 Å². The van der Waals surface area contributed by atoms with Crippen LogP contribution < -0.4 is 14.8 Å². The molecule has 7 nitrogen and oxygen atoms in total. The highest BCUT2D eigenvalue weighted by Crippen LogP contribution is 2.33. The highest BCUT2D eigenvalue weighted by Gasteiger charge is 2.22. The van der Waals surface area contributed by atoms with Crippen molar-refractivity contribution in [3.8, 4) is 28.6 Å². The Labute approximate surface area is 199 Å². The van der Waals surface area contributed by atoms with Crippen LogP contribution in [0.4, 0.5) is 4.39 Å². The van der Waals surface area contributed by atoms with E-state index in [4.69, 9.17) is 9.47 Å². The number of aromatic nitrogens is 3. The molecule has 34 heavy (non-hydrogen) atoms. The van der Waals surface area contributed by atoms with Gasteiger partial charge in [0.2, 0.25) is 12.7 Å². The lowest BCUT2D eigenvalue weighted by atomic mass is 10.2. The molecule has 0 saturated carbocycles. The standard InChI is InChI=1S/C25H21FN4O3S/c1-16(24(31)27-14-17-7-12-21-22(13-17)33-15-32-21)34-25-29-28-23(18-5-3-2-4-6-18)30(25)20-10-8-19(26)9-11-20/h2-13,16H,14-15H2,1H3,(H,27,31). The van der Waals surface area contributed by atoms with Gasteiger partial charge in [0.25, 0.3) is 0 Å². The van der Waals surface area contributed by atoms with E-state index in [2.05, 4.69) is 15.5 Å². The maximum absolute atomic E-state index is 13.6. The molecule has 0 aliphatic carbocycles. The first-order valence-electron chi connectivity index (χ1n) is 10.7. The van der Waals surface area contributed by atoms with Gasteiger partial charge in [0.15, 0.2) is 22.5 Å². The van der Waals surface area contributed by atoms with E-state index in [9.17, 15) is 9.18 Å². The number of carbonyl (C=O) groups is 1. The highest BCUT2D eigenvalue weighted by molar-refractivity contribution is 8.00. The Morgan fingerprint density at radius 3 is 2.62 bits per heavy atom. The summed E-state index contributed by atoms with van der Waals surface area (Å²) in [5.74, 6) is 1.52. The van der Waals surface area contributed by atoms with Crippen LogP contribution in [-0.2, 0) is 11.3 Å². The summed E-state index contributed by atoms with van der Waals surface area (Å²) in [6, 6.07) is 21.3. The van der Waals surface area contributed by atoms with E-state index in [1.165, 1.54) is 23.9 Å². The molecule has 1 atom stereocenters. The van der Waals surface area contributed by atoms with Crippen LogP contribution in [0.1, 0.15) is 12.5 Å². The molecule has 1 aliphatic rings. The predicted octanol–water partition coefficient (Wildman–Crippen LogP) is 4.60. The summed E-state index contributed by atoms with van der Waals surface area (Å²) in [5.41, 5.74) is 2.49. The van der Waals surface area contributed by atoms with Crippen molar-refractivity contribution >= 4 is 17.7 Å². The third-order valence-electron chi connectivity index (χ3n) is 5.31. The van der Waals surface area contributed by atoms with Gasteiger partial charge in [-0.2, -0.15) is 0 Å². The van der Waals surface area contributed by atoms with Gasteiger partial charge in [0.1, 0.15) is 5.82 Å². The Morgan fingerprint density at radius 1 is 1.06 bits per heavy atom. The lowest BCUT2D eigenvalue weighted by Gasteiger charge is -2.14. The minimum absolute atomic E-state index is 0.141. The third kappa shape index (κ3) is 4.60. The van der Waals surface area contributed by atoms with E-state index in [1.807, 2.05) is 60.0 Å². The number of thioether (sulfide) groups is 1. The number of fused-ring (bicyclic) bond motifs is 1. The molecule has 5 rings (SSSR count). The quantitative estimate of drug-likeness (QED) is 0.393. The number of hydrogen-bond donors (Lipinski definition) is 1. The second-order valence-corrected chi connectivity index (χ2v) is 8.96. The van der Waals surface area contributed by atoms with Crippen molar-refractivity contribution in [1.29, 1.82) is 0 Å². The molecule has 1 N–H and O–H groups in total. The number of nitrogens with zero attached hydrogens (tertiary/aromatic N) is 3. The minimum atomic E-state index is -0.443. The fourth-order valence-corrected chi connectivity index (χ4v) is 4.43. The molecule has 9 heteroatoms. The summed E-state index contributed by atoms with van der Waals surface area (Å²) in [6.07, 6.45) is 0. The van der Waals surface area contributed by atoms with Gasteiger partial charge in [-0.05, 0) is 48.9 Å². The van der Waals surface area contributed by atoms with E-state index in [-0.39, 0.29) is 18.5 Å². The topological polar surface area (TPSA) is 78.3 Å². The summed E-state index contributed by atoms with van der Waals surface area (Å²) in [6.45, 7) is 2.38. The Bertz CT molecular complexity index is 1310. The fraction of sp³-hybridized carbons (Fsp3) is 0.160. The van der Waals surface area contributed by atoms with Gasteiger partial charge in [-0.3, -0.25) is 9.36 Å². The van der Waals surface area contributed by atoms with E-state index in [1.54, 1.807) is 12.1 Å². The van der Waals surface area contributed by atoms with Crippen molar-refractivity contribution in [3.05, 3.63) is 84.2 Å². The number of benzene rings is 3. The van der Waals surface area contributed by atoms with Crippen LogP contribution in [0, 0.1) is 5.82 Å². The normalized spacial score (nSPS) is 13.0. The third-order valence-corrected chi connectivity index (χ3v) is 6.35. The average molecular weight is 477 g/mol. The van der Waals surface area contributed by atoms with Crippen LogP contribution in [0.2, 0.25) is 0 Å². The minimum Gasteiger partial charge on any atom is -0.454 e. The highest BCUT2D eigenvalue weighted by atomic mass is 32.2. The van der Waals surface area contributed by atoms with Crippen molar-refractivity contribution in [1.82, 2.24) is 20.1 Å². The van der Waals surface area contributed by atoms with Crippen LogP contribution in [0.25, 0.3) is 17.1 Å². The molecule has 0 spiro atoms. The zero-order valence-electron chi connectivity index (χ0n) is 18.3. The first-order valence-corrected chi connectivity index (χ1v) is 11.6. The Balaban J connectivity index is 1.34. The molecule has 172 valence electrons. The number of amides is 1. The average Bonchev–Trinajstić information content (AvgIpc) is 3.50. The molecule has 1 aromatic heterocycles. The van der Waals surface area contributed by atoms with Gasteiger partial charge in [-0.25, -0.2) is 4.39 Å². The second kappa shape index (κ2) is 9.56. The van der Waals surface area contributed by atoms with Crippen molar-refractivity contribution in [3.63, 3.8) is 0 Å². The van der Waals surface area contributed by atoms with Crippen LogP contribution in [-0.4, -0.2) is 32.7 Å². The number of ether oxygens (including phenoxy) is 2. The Hall–Kier alpha value is -3.85. The number of rotatable bonds is 7. The molecule has 4 aromatic rings. The molecule has 2 heterocycles. The van der Waals surface area contributed by atoms with Crippen molar-refractivity contribution in [2.24, 2.45) is 0 Å². The molecule has 0 fully saturated rings. The number of halogens is 1. The molecule has 1 aliphatic heterocycles. The molecule has 0 bridgehead atoms. The van der Waals surface area contributed by atoms with Crippen LogP contribution in [0.15, 0.2) is 78.0 Å². The first kappa shape index (κ1) is 22.0. The molecule has 1 amide bonds. The number of nitrogens with one attached hydrogen (secondary N) is 1. The number of hydrogen-bond acceptors (Lipinski definition) is 6.